The van der Waals surface area contributed by atoms with Gasteiger partial charge in [0.25, 0.3) is 0 Å². The highest BCUT2D eigenvalue weighted by Crippen LogP contribution is 2.39. The van der Waals surface area contributed by atoms with Crippen molar-refractivity contribution in [2.75, 3.05) is 13.2 Å². The van der Waals surface area contributed by atoms with Gasteiger partial charge in [0, 0.05) is 32.6 Å². The van der Waals surface area contributed by atoms with E-state index in [1.165, 1.54) is 43.8 Å². The van der Waals surface area contributed by atoms with E-state index in [2.05, 4.69) is 114 Å². The van der Waals surface area contributed by atoms with Gasteiger partial charge in [-0.05, 0) is 71.1 Å². The Hall–Kier alpha value is -4.76. The van der Waals surface area contributed by atoms with Crippen molar-refractivity contribution in [1.82, 2.24) is 4.98 Å². The second-order valence-electron chi connectivity index (χ2n) is 9.83. The van der Waals surface area contributed by atoms with Crippen LogP contribution in [0.25, 0.3) is 65.6 Å². The van der Waals surface area contributed by atoms with E-state index in [1.807, 2.05) is 13.8 Å². The quantitative estimate of drug-likeness (QED) is 0.243. The van der Waals surface area contributed by atoms with Crippen LogP contribution >= 0.6 is 0 Å². The molecule has 0 bridgehead atoms. The third-order valence-corrected chi connectivity index (χ3v) is 7.59. The molecule has 0 aliphatic rings. The number of H-pyrrole nitrogens is 1. The van der Waals surface area contributed by atoms with E-state index in [0.717, 1.165) is 33.3 Å². The normalized spacial score (nSPS) is 11.5. The minimum Gasteiger partial charge on any atom is -0.493 e. The van der Waals surface area contributed by atoms with Crippen LogP contribution in [0.4, 0.5) is 0 Å². The van der Waals surface area contributed by atoms with E-state index in [0.29, 0.717) is 13.2 Å². The van der Waals surface area contributed by atoms with Crippen LogP contribution in [-0.4, -0.2) is 18.2 Å². The Labute approximate surface area is 227 Å². The molecule has 0 radical (unpaired) electrons. The molecule has 1 N–H and O–H groups in total. The molecule has 0 saturated carbocycles. The number of rotatable bonds is 6. The fourth-order valence-electron chi connectivity index (χ4n) is 5.85. The van der Waals surface area contributed by atoms with Crippen molar-refractivity contribution in [2.45, 2.75) is 13.8 Å². The first-order chi connectivity index (χ1) is 19.2. The highest BCUT2D eigenvalue weighted by molar-refractivity contribution is 6.11. The number of hydrogen-bond acceptors (Lipinski definition) is 2. The first-order valence-electron chi connectivity index (χ1n) is 13.6. The van der Waals surface area contributed by atoms with Crippen LogP contribution in [0.2, 0.25) is 0 Å². The SMILES string of the molecule is CCOc1ccc(-c2ccc3c(c2)[nH]c2cc(-c4ccc(OCC)c5ccccc45)ccc23)c2ccccc12. The lowest BCUT2D eigenvalue weighted by molar-refractivity contribution is 0.344. The van der Waals surface area contributed by atoms with E-state index in [4.69, 9.17) is 9.47 Å². The first-order valence-corrected chi connectivity index (χ1v) is 13.6. The molecule has 0 aliphatic heterocycles. The molecule has 0 amide bonds. The van der Waals surface area contributed by atoms with Crippen molar-refractivity contribution in [1.29, 1.82) is 0 Å². The molecule has 0 spiro atoms. The van der Waals surface area contributed by atoms with Crippen molar-refractivity contribution < 1.29 is 9.47 Å². The van der Waals surface area contributed by atoms with Gasteiger partial charge in [-0.3, -0.25) is 0 Å². The van der Waals surface area contributed by atoms with Crippen LogP contribution in [0.15, 0.2) is 109 Å². The second kappa shape index (κ2) is 9.52. The average Bonchev–Trinajstić information content (AvgIpc) is 3.35. The maximum atomic E-state index is 5.90. The van der Waals surface area contributed by atoms with Gasteiger partial charge >= 0.3 is 0 Å². The van der Waals surface area contributed by atoms with Gasteiger partial charge in [-0.25, -0.2) is 0 Å². The summed E-state index contributed by atoms with van der Waals surface area (Å²) in [5, 5.41) is 7.13. The van der Waals surface area contributed by atoms with Crippen molar-refractivity contribution in [3.05, 3.63) is 109 Å². The van der Waals surface area contributed by atoms with E-state index in [9.17, 15) is 0 Å². The molecule has 1 heterocycles. The van der Waals surface area contributed by atoms with Gasteiger partial charge in [0.2, 0.25) is 0 Å². The third kappa shape index (κ3) is 3.90. The highest BCUT2D eigenvalue weighted by atomic mass is 16.5. The summed E-state index contributed by atoms with van der Waals surface area (Å²) in [5.41, 5.74) is 7.05. The maximum Gasteiger partial charge on any atom is 0.127 e. The summed E-state index contributed by atoms with van der Waals surface area (Å²) in [5.74, 6) is 1.86. The molecule has 1 aromatic heterocycles. The molecule has 0 unspecified atom stereocenters. The monoisotopic (exact) mass is 507 g/mol. The molecule has 3 heteroatoms. The Bertz CT molecular complexity index is 1860. The molecule has 0 atom stereocenters. The molecule has 0 aliphatic carbocycles. The molecule has 6 aromatic carbocycles. The van der Waals surface area contributed by atoms with Crippen LogP contribution in [-0.2, 0) is 0 Å². The van der Waals surface area contributed by atoms with Gasteiger partial charge in [-0.15, -0.1) is 0 Å². The summed E-state index contributed by atoms with van der Waals surface area (Å²) in [6, 6.07) is 38.9. The molecule has 190 valence electrons. The number of aromatic nitrogens is 1. The predicted molar refractivity (Wildman–Crippen MR) is 164 cm³/mol. The van der Waals surface area contributed by atoms with E-state index < -0.39 is 0 Å². The Kier molecular flexibility index (Phi) is 5.70. The van der Waals surface area contributed by atoms with Crippen LogP contribution in [0, 0.1) is 0 Å². The lowest BCUT2D eigenvalue weighted by atomic mass is 9.96. The summed E-state index contributed by atoms with van der Waals surface area (Å²) in [7, 11) is 0. The predicted octanol–water partition coefficient (Wildman–Crippen LogP) is 9.76. The maximum absolute atomic E-state index is 5.90. The Morgan fingerprint density at radius 3 is 1.33 bits per heavy atom. The lowest BCUT2D eigenvalue weighted by Crippen LogP contribution is -1.93. The fraction of sp³-hybridized carbons (Fsp3) is 0.111. The number of fused-ring (bicyclic) bond motifs is 5. The first kappa shape index (κ1) is 23.4. The van der Waals surface area contributed by atoms with E-state index >= 15 is 0 Å². The fourth-order valence-corrected chi connectivity index (χ4v) is 5.85. The molecule has 39 heavy (non-hydrogen) atoms. The van der Waals surface area contributed by atoms with Crippen molar-refractivity contribution in [3.8, 4) is 33.8 Å². The number of hydrogen-bond donors (Lipinski definition) is 1. The molecular weight excluding hydrogens is 478 g/mol. The molecule has 3 nitrogen and oxygen atoms in total. The Morgan fingerprint density at radius 2 is 0.897 bits per heavy atom. The summed E-state index contributed by atoms with van der Waals surface area (Å²) in [4.78, 5) is 3.71. The van der Waals surface area contributed by atoms with E-state index in [1.54, 1.807) is 0 Å². The van der Waals surface area contributed by atoms with Crippen molar-refractivity contribution in [3.63, 3.8) is 0 Å². The van der Waals surface area contributed by atoms with Crippen molar-refractivity contribution in [2.24, 2.45) is 0 Å². The zero-order chi connectivity index (χ0) is 26.3. The highest BCUT2D eigenvalue weighted by Gasteiger charge is 2.13. The van der Waals surface area contributed by atoms with Gasteiger partial charge in [0.05, 0.1) is 13.2 Å². The zero-order valence-electron chi connectivity index (χ0n) is 22.1. The molecular formula is C36H29NO2. The van der Waals surface area contributed by atoms with Gasteiger partial charge in [-0.1, -0.05) is 84.9 Å². The average molecular weight is 508 g/mol. The lowest BCUT2D eigenvalue weighted by Gasteiger charge is -2.12. The summed E-state index contributed by atoms with van der Waals surface area (Å²) in [6.45, 7) is 5.35. The minimum absolute atomic E-state index is 0.652. The Balaban J connectivity index is 1.35. The second-order valence-corrected chi connectivity index (χ2v) is 9.83. The zero-order valence-corrected chi connectivity index (χ0v) is 22.1. The Morgan fingerprint density at radius 1 is 0.462 bits per heavy atom. The molecule has 7 aromatic rings. The van der Waals surface area contributed by atoms with Crippen LogP contribution in [0.5, 0.6) is 11.5 Å². The van der Waals surface area contributed by atoms with Gasteiger partial charge < -0.3 is 14.5 Å². The third-order valence-electron chi connectivity index (χ3n) is 7.59. The molecule has 0 saturated heterocycles. The summed E-state index contributed by atoms with van der Waals surface area (Å²) >= 11 is 0. The van der Waals surface area contributed by atoms with Crippen LogP contribution in [0.1, 0.15) is 13.8 Å². The molecule has 0 fully saturated rings. The number of aromatic amines is 1. The summed E-state index contributed by atoms with van der Waals surface area (Å²) in [6.07, 6.45) is 0. The summed E-state index contributed by atoms with van der Waals surface area (Å²) < 4.78 is 11.8. The standard InChI is InChI=1S/C36H29NO2/c1-3-38-35-19-17-25(27-9-5-7-11-31(27)35)23-13-15-29-30-16-14-24(22-34(30)37-33(29)21-23)26-18-20-36(39-4-2)32-12-8-6-10-28(26)32/h5-22,37H,3-4H2,1-2H3. The van der Waals surface area contributed by atoms with Gasteiger partial charge in [-0.2, -0.15) is 0 Å². The smallest absolute Gasteiger partial charge is 0.127 e. The van der Waals surface area contributed by atoms with Crippen LogP contribution in [0.3, 0.4) is 0 Å². The van der Waals surface area contributed by atoms with E-state index in [-0.39, 0.29) is 0 Å². The number of nitrogens with one attached hydrogen (secondary N) is 1. The number of benzene rings is 6. The van der Waals surface area contributed by atoms with Gasteiger partial charge in [0.1, 0.15) is 11.5 Å². The van der Waals surface area contributed by atoms with Crippen molar-refractivity contribution >= 4 is 43.4 Å². The van der Waals surface area contributed by atoms with Crippen LogP contribution < -0.4 is 9.47 Å². The largest absolute Gasteiger partial charge is 0.493 e. The topological polar surface area (TPSA) is 34.2 Å². The molecule has 7 rings (SSSR count). The van der Waals surface area contributed by atoms with Gasteiger partial charge in [0.15, 0.2) is 0 Å². The number of ether oxygens (including phenoxy) is 2. The minimum atomic E-state index is 0.652.